The number of fused-ring (bicyclic) bond motifs is 1. The van der Waals surface area contributed by atoms with Crippen LogP contribution in [0.3, 0.4) is 0 Å². The van der Waals surface area contributed by atoms with Crippen molar-refractivity contribution in [1.82, 2.24) is 10.2 Å². The van der Waals surface area contributed by atoms with Crippen LogP contribution in [0.1, 0.15) is 25.5 Å². The third-order valence-electron chi connectivity index (χ3n) is 4.57. The van der Waals surface area contributed by atoms with Gasteiger partial charge in [-0.3, -0.25) is 0 Å². The van der Waals surface area contributed by atoms with E-state index in [1.807, 2.05) is 38.1 Å². The van der Waals surface area contributed by atoms with Crippen molar-refractivity contribution in [3.05, 3.63) is 59.9 Å². The van der Waals surface area contributed by atoms with Crippen molar-refractivity contribution < 1.29 is 18.7 Å². The lowest BCUT2D eigenvalue weighted by atomic mass is 9.96. The molecule has 0 saturated carbocycles. The molecule has 1 N–H and O–H groups in total. The zero-order chi connectivity index (χ0) is 19.4. The summed E-state index contributed by atoms with van der Waals surface area (Å²) in [6.45, 7) is 4.82. The summed E-state index contributed by atoms with van der Waals surface area (Å²) in [5.74, 6) is 1.28. The number of likely N-dealkylation sites (N-methyl/N-ethyl adjacent to an activating group) is 1. The van der Waals surface area contributed by atoms with Crippen molar-refractivity contribution in [2.24, 2.45) is 5.92 Å². The Hall–Kier alpha value is -2.76. The molecule has 0 fully saturated rings. The molecule has 6 heteroatoms. The Morgan fingerprint density at radius 3 is 2.52 bits per heavy atom. The summed E-state index contributed by atoms with van der Waals surface area (Å²) in [7, 11) is 1.72. The van der Waals surface area contributed by atoms with Crippen LogP contribution in [0.2, 0.25) is 0 Å². The molecule has 0 saturated heterocycles. The van der Waals surface area contributed by atoms with Gasteiger partial charge in [0.1, 0.15) is 12.4 Å². The number of hydrogen-bond acceptors (Lipinski definition) is 3. The summed E-state index contributed by atoms with van der Waals surface area (Å²) in [4.78, 5) is 14.2. The molecule has 2 aromatic carbocycles. The van der Waals surface area contributed by atoms with E-state index in [0.29, 0.717) is 18.9 Å². The number of nitrogens with one attached hydrogen (secondary N) is 1. The minimum Gasteiger partial charge on any atom is -0.486 e. The Bertz CT molecular complexity index is 779. The van der Waals surface area contributed by atoms with Crippen LogP contribution in [0, 0.1) is 11.7 Å². The number of amides is 2. The van der Waals surface area contributed by atoms with E-state index in [9.17, 15) is 9.18 Å². The molecule has 1 aliphatic heterocycles. The Morgan fingerprint density at radius 2 is 1.85 bits per heavy atom. The Kier molecular flexibility index (Phi) is 5.84. The topological polar surface area (TPSA) is 50.8 Å². The fourth-order valence-electron chi connectivity index (χ4n) is 3.09. The largest absolute Gasteiger partial charge is 0.486 e. The number of para-hydroxylation sites is 2. The van der Waals surface area contributed by atoms with Gasteiger partial charge in [-0.2, -0.15) is 0 Å². The molecule has 3 rings (SSSR count). The van der Waals surface area contributed by atoms with Gasteiger partial charge in [-0.25, -0.2) is 9.18 Å². The van der Waals surface area contributed by atoms with Crippen LogP contribution in [-0.4, -0.2) is 37.2 Å². The standard InChI is InChI=1S/C21H25FN2O3/c1-14(2)20(15-8-10-16(22)11-9-15)23-21(25)24(3)12-17-13-26-18-6-4-5-7-19(18)27-17/h4-11,14,17,20H,12-13H2,1-3H3,(H,23,25)/t17-,20-/m0/s1. The van der Waals surface area contributed by atoms with Gasteiger partial charge in [0.2, 0.25) is 0 Å². The van der Waals surface area contributed by atoms with Gasteiger partial charge in [-0.05, 0) is 35.7 Å². The van der Waals surface area contributed by atoms with E-state index >= 15 is 0 Å². The second-order valence-electron chi connectivity index (χ2n) is 7.10. The van der Waals surface area contributed by atoms with Crippen molar-refractivity contribution in [3.63, 3.8) is 0 Å². The Morgan fingerprint density at radius 1 is 1.19 bits per heavy atom. The lowest BCUT2D eigenvalue weighted by molar-refractivity contribution is 0.0710. The van der Waals surface area contributed by atoms with Crippen LogP contribution in [0.4, 0.5) is 9.18 Å². The summed E-state index contributed by atoms with van der Waals surface area (Å²) >= 11 is 0. The number of nitrogens with zero attached hydrogens (tertiary/aromatic N) is 1. The molecule has 0 bridgehead atoms. The fourth-order valence-corrected chi connectivity index (χ4v) is 3.09. The van der Waals surface area contributed by atoms with Crippen LogP contribution in [0.15, 0.2) is 48.5 Å². The molecule has 27 heavy (non-hydrogen) atoms. The fraction of sp³-hybridized carbons (Fsp3) is 0.381. The molecule has 2 amide bonds. The highest BCUT2D eigenvalue weighted by Gasteiger charge is 2.25. The number of rotatable bonds is 5. The molecule has 0 aliphatic carbocycles. The van der Waals surface area contributed by atoms with Gasteiger partial charge in [0.15, 0.2) is 17.6 Å². The number of carbonyl (C=O) groups excluding carboxylic acids is 1. The number of hydrogen-bond donors (Lipinski definition) is 1. The molecule has 2 atom stereocenters. The molecule has 5 nitrogen and oxygen atoms in total. The predicted molar refractivity (Wildman–Crippen MR) is 101 cm³/mol. The first-order valence-electron chi connectivity index (χ1n) is 9.09. The zero-order valence-corrected chi connectivity index (χ0v) is 15.8. The van der Waals surface area contributed by atoms with Crippen LogP contribution >= 0.6 is 0 Å². The second kappa shape index (κ2) is 8.29. The van der Waals surface area contributed by atoms with E-state index in [1.54, 1.807) is 24.1 Å². The number of urea groups is 1. The van der Waals surface area contributed by atoms with Crippen LogP contribution in [-0.2, 0) is 0 Å². The number of halogens is 1. The highest BCUT2D eigenvalue weighted by atomic mass is 19.1. The van der Waals surface area contributed by atoms with Crippen LogP contribution in [0.25, 0.3) is 0 Å². The molecule has 1 aliphatic rings. The first-order valence-corrected chi connectivity index (χ1v) is 9.09. The molecule has 1 heterocycles. The average Bonchev–Trinajstić information content (AvgIpc) is 2.66. The highest BCUT2D eigenvalue weighted by molar-refractivity contribution is 5.74. The minimum atomic E-state index is -0.292. The molecular weight excluding hydrogens is 347 g/mol. The first kappa shape index (κ1) is 19.0. The maximum atomic E-state index is 13.2. The summed E-state index contributed by atoms with van der Waals surface area (Å²) in [6.07, 6.45) is -0.237. The van der Waals surface area contributed by atoms with Gasteiger partial charge in [-0.15, -0.1) is 0 Å². The summed E-state index contributed by atoms with van der Waals surface area (Å²) < 4.78 is 24.8. The van der Waals surface area contributed by atoms with Crippen LogP contribution in [0.5, 0.6) is 11.5 Å². The molecule has 0 aromatic heterocycles. The van der Waals surface area contributed by atoms with Crippen molar-refractivity contribution in [2.75, 3.05) is 20.2 Å². The summed E-state index contributed by atoms with van der Waals surface area (Å²) in [6, 6.07) is 13.3. The SMILES string of the molecule is CC(C)[C@H](NC(=O)N(C)C[C@H]1COc2ccccc2O1)c1ccc(F)cc1. The Balaban J connectivity index is 1.60. The number of benzene rings is 2. The molecular formula is C21H25FN2O3. The third-order valence-corrected chi connectivity index (χ3v) is 4.57. The predicted octanol–water partition coefficient (Wildman–Crippen LogP) is 4.00. The van der Waals surface area contributed by atoms with E-state index in [-0.39, 0.29) is 29.9 Å². The van der Waals surface area contributed by atoms with E-state index in [1.165, 1.54) is 12.1 Å². The van der Waals surface area contributed by atoms with Gasteiger partial charge >= 0.3 is 6.03 Å². The van der Waals surface area contributed by atoms with Gasteiger partial charge in [0.25, 0.3) is 0 Å². The first-order chi connectivity index (χ1) is 12.9. The van der Waals surface area contributed by atoms with Crippen molar-refractivity contribution >= 4 is 6.03 Å². The maximum absolute atomic E-state index is 13.2. The summed E-state index contributed by atoms with van der Waals surface area (Å²) in [5.41, 5.74) is 0.874. The van der Waals surface area contributed by atoms with E-state index in [4.69, 9.17) is 9.47 Å². The monoisotopic (exact) mass is 372 g/mol. The normalized spacial score (nSPS) is 16.7. The van der Waals surface area contributed by atoms with Crippen molar-refractivity contribution in [3.8, 4) is 11.5 Å². The smallest absolute Gasteiger partial charge is 0.317 e. The van der Waals surface area contributed by atoms with E-state index in [0.717, 1.165) is 11.3 Å². The molecule has 0 radical (unpaired) electrons. The number of ether oxygens (including phenoxy) is 2. The van der Waals surface area contributed by atoms with E-state index < -0.39 is 0 Å². The van der Waals surface area contributed by atoms with Gasteiger partial charge < -0.3 is 19.7 Å². The maximum Gasteiger partial charge on any atom is 0.317 e. The molecule has 2 aromatic rings. The van der Waals surface area contributed by atoms with Crippen molar-refractivity contribution in [1.29, 1.82) is 0 Å². The Labute approximate surface area is 159 Å². The lowest BCUT2D eigenvalue weighted by Crippen LogP contribution is -2.47. The van der Waals surface area contributed by atoms with Gasteiger partial charge in [0.05, 0.1) is 12.6 Å². The van der Waals surface area contributed by atoms with Crippen molar-refractivity contribution in [2.45, 2.75) is 26.0 Å². The zero-order valence-electron chi connectivity index (χ0n) is 15.8. The summed E-state index contributed by atoms with van der Waals surface area (Å²) in [5, 5.41) is 3.03. The third kappa shape index (κ3) is 4.70. The average molecular weight is 372 g/mol. The van der Waals surface area contributed by atoms with Crippen LogP contribution < -0.4 is 14.8 Å². The quantitative estimate of drug-likeness (QED) is 0.863. The highest BCUT2D eigenvalue weighted by Crippen LogP contribution is 2.31. The molecule has 0 unspecified atom stereocenters. The lowest BCUT2D eigenvalue weighted by Gasteiger charge is -2.31. The molecule has 0 spiro atoms. The van der Waals surface area contributed by atoms with E-state index in [2.05, 4.69) is 5.32 Å². The van der Waals surface area contributed by atoms with Gasteiger partial charge in [0, 0.05) is 7.05 Å². The molecule has 144 valence electrons. The van der Waals surface area contributed by atoms with Gasteiger partial charge in [-0.1, -0.05) is 38.1 Å². The second-order valence-corrected chi connectivity index (χ2v) is 7.10. The minimum absolute atomic E-state index is 0.161. The number of carbonyl (C=O) groups is 1.